The fourth-order valence-corrected chi connectivity index (χ4v) is 2.25. The Balaban J connectivity index is 1.70. The zero-order chi connectivity index (χ0) is 13.8. The SMILES string of the molecule is Cc1cc(C)n(CC[N-]CCn2nc(C)cc2C)n1. The molecule has 2 aromatic heterocycles. The number of hydrogen-bond donors (Lipinski definition) is 0. The second-order valence-electron chi connectivity index (χ2n) is 4.97. The van der Waals surface area contributed by atoms with E-state index in [1.807, 2.05) is 23.2 Å². The normalized spacial score (nSPS) is 11.2. The predicted octanol–water partition coefficient (Wildman–Crippen LogP) is 2.39. The first-order valence-electron chi connectivity index (χ1n) is 6.71. The summed E-state index contributed by atoms with van der Waals surface area (Å²) < 4.78 is 4.03. The number of rotatable bonds is 6. The first-order chi connectivity index (χ1) is 9.06. The molecule has 2 aromatic rings. The summed E-state index contributed by atoms with van der Waals surface area (Å²) in [6.45, 7) is 11.5. The van der Waals surface area contributed by atoms with Crippen LogP contribution in [-0.2, 0) is 13.1 Å². The molecule has 5 heteroatoms. The highest BCUT2D eigenvalue weighted by molar-refractivity contribution is 5.07. The van der Waals surface area contributed by atoms with Crippen LogP contribution in [0.15, 0.2) is 12.1 Å². The van der Waals surface area contributed by atoms with Crippen molar-refractivity contribution in [3.63, 3.8) is 0 Å². The standard InChI is InChI=1S/C14H22N5/c1-11-9-13(3)18(16-11)7-5-15-6-8-19-14(4)10-12(2)17-19/h9-10H,5-8H2,1-4H3/q-1. The summed E-state index contributed by atoms with van der Waals surface area (Å²) in [5.41, 5.74) is 4.54. The van der Waals surface area contributed by atoms with Gasteiger partial charge in [-0.3, -0.25) is 9.36 Å². The van der Waals surface area contributed by atoms with Crippen LogP contribution in [0.3, 0.4) is 0 Å². The third kappa shape index (κ3) is 3.67. The van der Waals surface area contributed by atoms with E-state index in [4.69, 9.17) is 0 Å². The van der Waals surface area contributed by atoms with Crippen molar-refractivity contribution in [2.75, 3.05) is 13.1 Å². The van der Waals surface area contributed by atoms with Crippen LogP contribution in [0, 0.1) is 27.7 Å². The minimum atomic E-state index is 0.807. The molecule has 0 N–H and O–H groups in total. The molecule has 0 saturated carbocycles. The highest BCUT2D eigenvalue weighted by Gasteiger charge is 1.98. The molecule has 104 valence electrons. The fraction of sp³-hybridized carbons (Fsp3) is 0.571. The zero-order valence-corrected chi connectivity index (χ0v) is 12.2. The molecule has 0 amide bonds. The van der Waals surface area contributed by atoms with E-state index in [1.165, 1.54) is 11.4 Å². The highest BCUT2D eigenvalue weighted by atomic mass is 15.3. The molecular formula is C14H22N5-. The largest absolute Gasteiger partial charge is 0.659 e. The average Bonchev–Trinajstić information content (AvgIpc) is 2.81. The summed E-state index contributed by atoms with van der Waals surface area (Å²) in [5, 5.41) is 13.4. The minimum absolute atomic E-state index is 0.807. The lowest BCUT2D eigenvalue weighted by atomic mass is 10.4. The Labute approximate surface area is 114 Å². The summed E-state index contributed by atoms with van der Waals surface area (Å²) in [4.78, 5) is 0. The van der Waals surface area contributed by atoms with E-state index < -0.39 is 0 Å². The second kappa shape index (κ2) is 6.02. The molecule has 0 atom stereocenters. The van der Waals surface area contributed by atoms with Crippen molar-refractivity contribution in [1.29, 1.82) is 0 Å². The maximum atomic E-state index is 4.54. The number of hydrogen-bond acceptors (Lipinski definition) is 2. The van der Waals surface area contributed by atoms with E-state index in [0.29, 0.717) is 0 Å². The molecule has 2 rings (SSSR count). The van der Waals surface area contributed by atoms with Gasteiger partial charge in [-0.15, -0.1) is 13.1 Å². The van der Waals surface area contributed by atoms with E-state index in [1.54, 1.807) is 0 Å². The summed E-state index contributed by atoms with van der Waals surface area (Å²) in [6.07, 6.45) is 0. The molecule has 19 heavy (non-hydrogen) atoms. The molecule has 0 aliphatic heterocycles. The van der Waals surface area contributed by atoms with Crippen LogP contribution in [0.1, 0.15) is 22.8 Å². The maximum Gasteiger partial charge on any atom is 0.0596 e. The quantitative estimate of drug-likeness (QED) is 0.749. The van der Waals surface area contributed by atoms with Gasteiger partial charge in [0.15, 0.2) is 0 Å². The van der Waals surface area contributed by atoms with E-state index in [0.717, 1.165) is 37.6 Å². The summed E-state index contributed by atoms with van der Waals surface area (Å²) in [5.74, 6) is 0. The van der Waals surface area contributed by atoms with Gasteiger partial charge in [-0.1, -0.05) is 0 Å². The Bertz CT molecular complexity index is 490. The Morgan fingerprint density at radius 1 is 0.842 bits per heavy atom. The summed E-state index contributed by atoms with van der Waals surface area (Å²) in [6, 6.07) is 4.19. The van der Waals surface area contributed by atoms with Gasteiger partial charge >= 0.3 is 0 Å². The topological polar surface area (TPSA) is 49.7 Å². The summed E-state index contributed by atoms with van der Waals surface area (Å²) >= 11 is 0. The monoisotopic (exact) mass is 260 g/mol. The van der Waals surface area contributed by atoms with Gasteiger partial charge in [0.1, 0.15) is 0 Å². The van der Waals surface area contributed by atoms with Gasteiger partial charge < -0.3 is 5.32 Å². The Hall–Kier alpha value is -1.62. The van der Waals surface area contributed by atoms with E-state index in [2.05, 4.69) is 41.5 Å². The van der Waals surface area contributed by atoms with Crippen LogP contribution in [0.5, 0.6) is 0 Å². The third-order valence-electron chi connectivity index (χ3n) is 3.15. The molecule has 0 aromatic carbocycles. The van der Waals surface area contributed by atoms with Crippen molar-refractivity contribution in [1.82, 2.24) is 19.6 Å². The summed E-state index contributed by atoms with van der Waals surface area (Å²) in [7, 11) is 0. The lowest BCUT2D eigenvalue weighted by Gasteiger charge is -2.19. The van der Waals surface area contributed by atoms with Gasteiger partial charge in [0.2, 0.25) is 0 Å². The molecule has 0 unspecified atom stereocenters. The number of aryl methyl sites for hydroxylation is 4. The van der Waals surface area contributed by atoms with Gasteiger partial charge in [0.25, 0.3) is 0 Å². The van der Waals surface area contributed by atoms with Crippen molar-refractivity contribution >= 4 is 0 Å². The predicted molar refractivity (Wildman–Crippen MR) is 76.5 cm³/mol. The van der Waals surface area contributed by atoms with Crippen molar-refractivity contribution in [3.8, 4) is 0 Å². The lowest BCUT2D eigenvalue weighted by Crippen LogP contribution is -2.10. The Kier molecular flexibility index (Phi) is 4.37. The molecule has 0 bridgehead atoms. The van der Waals surface area contributed by atoms with Gasteiger partial charge in [0.05, 0.1) is 11.4 Å². The highest BCUT2D eigenvalue weighted by Crippen LogP contribution is 2.04. The van der Waals surface area contributed by atoms with E-state index >= 15 is 0 Å². The number of nitrogens with zero attached hydrogens (tertiary/aromatic N) is 5. The van der Waals surface area contributed by atoms with Crippen LogP contribution < -0.4 is 0 Å². The molecule has 0 aliphatic rings. The minimum Gasteiger partial charge on any atom is -0.659 e. The molecule has 2 heterocycles. The first-order valence-corrected chi connectivity index (χ1v) is 6.71. The Morgan fingerprint density at radius 3 is 1.58 bits per heavy atom. The molecular weight excluding hydrogens is 238 g/mol. The van der Waals surface area contributed by atoms with Gasteiger partial charge in [-0.25, -0.2) is 0 Å². The molecule has 0 radical (unpaired) electrons. The van der Waals surface area contributed by atoms with Crippen molar-refractivity contribution in [2.24, 2.45) is 0 Å². The molecule has 0 aliphatic carbocycles. The van der Waals surface area contributed by atoms with E-state index in [9.17, 15) is 0 Å². The lowest BCUT2D eigenvalue weighted by molar-refractivity contribution is 0.590. The second-order valence-corrected chi connectivity index (χ2v) is 4.97. The van der Waals surface area contributed by atoms with E-state index in [-0.39, 0.29) is 0 Å². The average molecular weight is 260 g/mol. The fourth-order valence-electron chi connectivity index (χ4n) is 2.25. The van der Waals surface area contributed by atoms with Crippen molar-refractivity contribution in [3.05, 3.63) is 40.2 Å². The van der Waals surface area contributed by atoms with Gasteiger partial charge in [-0.2, -0.15) is 10.2 Å². The zero-order valence-electron chi connectivity index (χ0n) is 12.2. The van der Waals surface area contributed by atoms with Crippen LogP contribution >= 0.6 is 0 Å². The molecule has 0 saturated heterocycles. The van der Waals surface area contributed by atoms with Crippen LogP contribution in [-0.4, -0.2) is 32.7 Å². The number of aromatic nitrogens is 4. The smallest absolute Gasteiger partial charge is 0.0596 e. The third-order valence-corrected chi connectivity index (χ3v) is 3.15. The molecule has 5 nitrogen and oxygen atoms in total. The van der Waals surface area contributed by atoms with Crippen LogP contribution in [0.2, 0.25) is 0 Å². The Morgan fingerprint density at radius 2 is 1.26 bits per heavy atom. The van der Waals surface area contributed by atoms with Crippen molar-refractivity contribution < 1.29 is 0 Å². The maximum absolute atomic E-state index is 4.54. The van der Waals surface area contributed by atoms with Gasteiger partial charge in [0, 0.05) is 24.5 Å². The molecule has 0 spiro atoms. The van der Waals surface area contributed by atoms with Gasteiger partial charge in [-0.05, 0) is 39.8 Å². The molecule has 0 fully saturated rings. The van der Waals surface area contributed by atoms with Crippen LogP contribution in [0.25, 0.3) is 5.32 Å². The van der Waals surface area contributed by atoms with Crippen molar-refractivity contribution in [2.45, 2.75) is 40.8 Å². The van der Waals surface area contributed by atoms with Crippen LogP contribution in [0.4, 0.5) is 0 Å². The first kappa shape index (κ1) is 13.8.